The van der Waals surface area contributed by atoms with Crippen LogP contribution in [0, 0.1) is 5.92 Å². The van der Waals surface area contributed by atoms with Gasteiger partial charge >= 0.3 is 0 Å². The molecule has 1 amide bonds. The highest BCUT2D eigenvalue weighted by Crippen LogP contribution is 2.19. The summed E-state index contributed by atoms with van der Waals surface area (Å²) in [5, 5.41) is 8.04. The van der Waals surface area contributed by atoms with E-state index >= 15 is 0 Å². The van der Waals surface area contributed by atoms with Crippen LogP contribution in [0.3, 0.4) is 0 Å². The van der Waals surface area contributed by atoms with Crippen LogP contribution in [0.1, 0.15) is 35.7 Å². The van der Waals surface area contributed by atoms with Gasteiger partial charge in [-0.05, 0) is 73.2 Å². The average Bonchev–Trinajstić information content (AvgIpc) is 3.13. The van der Waals surface area contributed by atoms with Crippen molar-refractivity contribution in [2.24, 2.45) is 5.92 Å². The van der Waals surface area contributed by atoms with Gasteiger partial charge in [0.15, 0.2) is 0 Å². The lowest BCUT2D eigenvalue weighted by molar-refractivity contribution is 0.0689. The summed E-state index contributed by atoms with van der Waals surface area (Å²) in [6.07, 6.45) is 3.28. The molecule has 0 spiro atoms. The Morgan fingerprint density at radius 2 is 2.00 bits per heavy atom. The fourth-order valence-electron chi connectivity index (χ4n) is 3.31. The van der Waals surface area contributed by atoms with Crippen molar-refractivity contribution >= 4 is 17.2 Å². The molecule has 1 aliphatic rings. The molecule has 0 radical (unpaired) electrons. The Morgan fingerprint density at radius 1 is 1.25 bits per heavy atom. The molecule has 128 valence electrons. The van der Waals surface area contributed by atoms with Gasteiger partial charge in [-0.3, -0.25) is 4.79 Å². The highest BCUT2D eigenvalue weighted by Gasteiger charge is 2.23. The van der Waals surface area contributed by atoms with E-state index in [1.54, 1.807) is 11.3 Å². The Labute approximate surface area is 148 Å². The summed E-state index contributed by atoms with van der Waals surface area (Å²) in [6, 6.07) is 12.3. The van der Waals surface area contributed by atoms with Crippen molar-refractivity contribution in [2.75, 3.05) is 19.6 Å². The van der Waals surface area contributed by atoms with Crippen molar-refractivity contribution in [1.29, 1.82) is 0 Å². The molecule has 1 N–H and O–H groups in total. The van der Waals surface area contributed by atoms with Crippen LogP contribution in [-0.2, 0) is 6.42 Å². The lowest BCUT2D eigenvalue weighted by Crippen LogP contribution is -2.42. The predicted molar refractivity (Wildman–Crippen MR) is 101 cm³/mol. The van der Waals surface area contributed by atoms with E-state index in [4.69, 9.17) is 0 Å². The lowest BCUT2D eigenvalue weighted by atomic mass is 9.95. The molecule has 1 aliphatic heterocycles. The van der Waals surface area contributed by atoms with Crippen molar-refractivity contribution in [3.63, 3.8) is 0 Å². The standard InChI is InChI=1S/C20H26N2OS/c1-16(13-18-9-12-24-15-18)21-14-17-7-10-22(11-8-17)20(23)19-5-3-2-4-6-19/h2-6,9,12,15-17,21H,7-8,10-11,13-14H2,1H3/t16-/m1/s1. The molecular formula is C20H26N2OS. The Hall–Kier alpha value is -1.65. The van der Waals surface area contributed by atoms with Crippen molar-refractivity contribution in [2.45, 2.75) is 32.2 Å². The Morgan fingerprint density at radius 3 is 2.67 bits per heavy atom. The first-order valence-corrected chi connectivity index (χ1v) is 9.75. The molecule has 1 atom stereocenters. The minimum Gasteiger partial charge on any atom is -0.339 e. The van der Waals surface area contributed by atoms with Crippen LogP contribution in [0.5, 0.6) is 0 Å². The number of nitrogens with zero attached hydrogens (tertiary/aromatic N) is 1. The van der Waals surface area contributed by atoms with Crippen LogP contribution < -0.4 is 5.32 Å². The maximum Gasteiger partial charge on any atom is 0.253 e. The van der Waals surface area contributed by atoms with Crippen LogP contribution in [-0.4, -0.2) is 36.5 Å². The van der Waals surface area contributed by atoms with Crippen molar-refractivity contribution in [1.82, 2.24) is 10.2 Å². The van der Waals surface area contributed by atoms with Gasteiger partial charge in [0, 0.05) is 24.7 Å². The summed E-state index contributed by atoms with van der Waals surface area (Å²) in [5.41, 5.74) is 2.22. The second kappa shape index (κ2) is 8.45. The Bertz CT molecular complexity index is 618. The molecule has 24 heavy (non-hydrogen) atoms. The molecule has 0 saturated carbocycles. The Kier molecular flexibility index (Phi) is 6.05. The third kappa shape index (κ3) is 4.68. The van der Waals surface area contributed by atoms with Crippen LogP contribution in [0.25, 0.3) is 0 Å². The summed E-state index contributed by atoms with van der Waals surface area (Å²) in [5.74, 6) is 0.850. The highest BCUT2D eigenvalue weighted by molar-refractivity contribution is 7.07. The van der Waals surface area contributed by atoms with Gasteiger partial charge in [-0.1, -0.05) is 18.2 Å². The third-order valence-electron chi connectivity index (χ3n) is 4.80. The van der Waals surface area contributed by atoms with Crippen LogP contribution in [0.15, 0.2) is 47.2 Å². The summed E-state index contributed by atoms with van der Waals surface area (Å²) in [4.78, 5) is 14.5. The largest absolute Gasteiger partial charge is 0.339 e. The maximum atomic E-state index is 12.5. The minimum absolute atomic E-state index is 0.174. The van der Waals surface area contributed by atoms with Gasteiger partial charge in [-0.25, -0.2) is 0 Å². The maximum absolute atomic E-state index is 12.5. The number of thiophene rings is 1. The average molecular weight is 343 g/mol. The first-order valence-electron chi connectivity index (χ1n) is 8.81. The van der Waals surface area contributed by atoms with E-state index in [0.29, 0.717) is 12.0 Å². The fourth-order valence-corrected chi connectivity index (χ4v) is 3.99. The molecule has 3 rings (SSSR count). The monoisotopic (exact) mass is 342 g/mol. The zero-order chi connectivity index (χ0) is 16.8. The SMILES string of the molecule is C[C@H](Cc1ccsc1)NCC1CCN(C(=O)c2ccccc2)CC1. The number of nitrogens with one attached hydrogen (secondary N) is 1. The van der Waals surface area contributed by atoms with Crippen LogP contribution in [0.2, 0.25) is 0 Å². The number of amides is 1. The first kappa shape index (κ1) is 17.2. The first-order chi connectivity index (χ1) is 11.7. The van der Waals surface area contributed by atoms with E-state index in [-0.39, 0.29) is 5.91 Å². The summed E-state index contributed by atoms with van der Waals surface area (Å²) >= 11 is 1.76. The molecule has 4 heteroatoms. The number of piperidine rings is 1. The summed E-state index contributed by atoms with van der Waals surface area (Å²) < 4.78 is 0. The molecule has 3 nitrogen and oxygen atoms in total. The van der Waals surface area contributed by atoms with Gasteiger partial charge in [0.05, 0.1) is 0 Å². The molecule has 1 aromatic heterocycles. The molecule has 0 aliphatic carbocycles. The van der Waals surface area contributed by atoms with E-state index in [1.807, 2.05) is 35.2 Å². The van der Waals surface area contributed by atoms with E-state index < -0.39 is 0 Å². The van der Waals surface area contributed by atoms with Gasteiger partial charge in [-0.15, -0.1) is 0 Å². The van der Waals surface area contributed by atoms with Crippen LogP contribution in [0.4, 0.5) is 0 Å². The minimum atomic E-state index is 0.174. The lowest BCUT2D eigenvalue weighted by Gasteiger charge is -2.32. The molecular weight excluding hydrogens is 316 g/mol. The quantitative estimate of drug-likeness (QED) is 0.865. The second-order valence-corrected chi connectivity index (χ2v) is 7.53. The smallest absolute Gasteiger partial charge is 0.253 e. The number of likely N-dealkylation sites (tertiary alicyclic amines) is 1. The van der Waals surface area contributed by atoms with Gasteiger partial charge in [0.2, 0.25) is 0 Å². The van der Waals surface area contributed by atoms with E-state index in [1.165, 1.54) is 5.56 Å². The Balaban J connectivity index is 1.40. The second-order valence-electron chi connectivity index (χ2n) is 6.75. The number of benzene rings is 1. The summed E-state index contributed by atoms with van der Waals surface area (Å²) in [6.45, 7) is 5.06. The fraction of sp³-hybridized carbons (Fsp3) is 0.450. The molecule has 1 aromatic carbocycles. The topological polar surface area (TPSA) is 32.3 Å². The van der Waals surface area contributed by atoms with E-state index in [0.717, 1.165) is 44.5 Å². The molecule has 0 unspecified atom stereocenters. The number of hydrogen-bond acceptors (Lipinski definition) is 3. The van der Waals surface area contributed by atoms with Crippen molar-refractivity contribution in [3.8, 4) is 0 Å². The molecule has 2 aromatic rings. The number of carbonyl (C=O) groups is 1. The van der Waals surface area contributed by atoms with Gasteiger partial charge in [-0.2, -0.15) is 11.3 Å². The molecule has 2 heterocycles. The number of carbonyl (C=O) groups excluding carboxylic acids is 1. The normalized spacial score (nSPS) is 17.0. The van der Waals surface area contributed by atoms with Gasteiger partial charge < -0.3 is 10.2 Å². The third-order valence-corrected chi connectivity index (χ3v) is 5.53. The van der Waals surface area contributed by atoms with Crippen molar-refractivity contribution in [3.05, 3.63) is 58.3 Å². The van der Waals surface area contributed by atoms with E-state index in [9.17, 15) is 4.79 Å². The number of rotatable bonds is 6. The van der Waals surface area contributed by atoms with Gasteiger partial charge in [0.1, 0.15) is 0 Å². The zero-order valence-electron chi connectivity index (χ0n) is 14.3. The molecule has 0 bridgehead atoms. The zero-order valence-corrected chi connectivity index (χ0v) is 15.1. The van der Waals surface area contributed by atoms with Gasteiger partial charge in [0.25, 0.3) is 5.91 Å². The number of hydrogen-bond donors (Lipinski definition) is 1. The van der Waals surface area contributed by atoms with Crippen LogP contribution >= 0.6 is 11.3 Å². The van der Waals surface area contributed by atoms with Crippen molar-refractivity contribution < 1.29 is 4.79 Å². The molecule has 1 fully saturated rings. The predicted octanol–water partition coefficient (Wildman–Crippen LogP) is 3.82. The molecule has 1 saturated heterocycles. The highest BCUT2D eigenvalue weighted by atomic mass is 32.1. The summed E-state index contributed by atoms with van der Waals surface area (Å²) in [7, 11) is 0. The van der Waals surface area contributed by atoms with E-state index in [2.05, 4.69) is 29.1 Å².